The molecule has 1 aliphatic carbocycles. The van der Waals surface area contributed by atoms with Crippen molar-refractivity contribution < 1.29 is 18.9 Å². The fourth-order valence-corrected chi connectivity index (χ4v) is 4.51. The van der Waals surface area contributed by atoms with Crippen molar-refractivity contribution in [2.75, 3.05) is 6.61 Å². The molecule has 0 bridgehead atoms. The zero-order valence-corrected chi connectivity index (χ0v) is 20.1. The molecule has 0 atom stereocenters. The van der Waals surface area contributed by atoms with Gasteiger partial charge in [-0.15, -0.1) is 0 Å². The van der Waals surface area contributed by atoms with Crippen LogP contribution in [0.5, 0.6) is 5.75 Å². The average molecular weight is 496 g/mol. The van der Waals surface area contributed by atoms with Gasteiger partial charge in [0.05, 0.1) is 11.1 Å². The molecule has 0 spiro atoms. The molecule has 1 N–H and O–H groups in total. The number of rotatable bonds is 8. The number of furan rings is 1. The predicted molar refractivity (Wildman–Crippen MR) is 134 cm³/mol. The number of benzene rings is 2. The van der Waals surface area contributed by atoms with Crippen molar-refractivity contribution in [3.63, 3.8) is 0 Å². The zero-order valence-electron chi connectivity index (χ0n) is 19.3. The van der Waals surface area contributed by atoms with Crippen LogP contribution in [0.3, 0.4) is 0 Å². The van der Waals surface area contributed by atoms with Gasteiger partial charge in [-0.3, -0.25) is 14.9 Å². The second kappa shape index (κ2) is 11.2. The molecule has 35 heavy (non-hydrogen) atoms. The first-order valence-electron chi connectivity index (χ1n) is 11.5. The minimum absolute atomic E-state index is 0.0222. The Morgan fingerprint density at radius 2 is 2.00 bits per heavy atom. The Labute approximate surface area is 208 Å². The van der Waals surface area contributed by atoms with Crippen LogP contribution < -0.4 is 10.2 Å². The fourth-order valence-electron chi connectivity index (χ4n) is 4.33. The van der Waals surface area contributed by atoms with Gasteiger partial charge < -0.3 is 9.15 Å². The summed E-state index contributed by atoms with van der Waals surface area (Å²) in [6, 6.07) is 13.5. The van der Waals surface area contributed by atoms with Crippen molar-refractivity contribution in [2.24, 2.45) is 5.10 Å². The second-order valence-electron chi connectivity index (χ2n) is 8.56. The smallest absolute Gasteiger partial charge is 0.277 e. The minimum atomic E-state index is -0.437. The van der Waals surface area contributed by atoms with Crippen LogP contribution in [0, 0.1) is 17.0 Å². The van der Waals surface area contributed by atoms with Crippen LogP contribution in [0.4, 0.5) is 5.69 Å². The SMILES string of the molecule is Cc1cc([N+](=O)[O-])ccc1-c1ccc(/C=N/NC(=O)COc2ccc(Cl)cc2C2CCCCC2)o1. The number of carbonyl (C=O) groups excluding carboxylic acids is 1. The number of nitrogens with one attached hydrogen (secondary N) is 1. The third kappa shape index (κ3) is 6.27. The van der Waals surface area contributed by atoms with E-state index >= 15 is 0 Å². The van der Waals surface area contributed by atoms with Crippen molar-refractivity contribution in [2.45, 2.75) is 44.9 Å². The largest absolute Gasteiger partial charge is 0.483 e. The number of aryl methyl sites for hydroxylation is 1. The van der Waals surface area contributed by atoms with E-state index in [1.807, 2.05) is 12.1 Å². The highest BCUT2D eigenvalue weighted by Gasteiger charge is 2.20. The van der Waals surface area contributed by atoms with Gasteiger partial charge in [0.1, 0.15) is 17.3 Å². The summed E-state index contributed by atoms with van der Waals surface area (Å²) in [6.45, 7) is 1.60. The number of carbonyl (C=O) groups is 1. The van der Waals surface area contributed by atoms with Gasteiger partial charge >= 0.3 is 0 Å². The van der Waals surface area contributed by atoms with Gasteiger partial charge in [-0.2, -0.15) is 5.10 Å². The van der Waals surface area contributed by atoms with Crippen LogP contribution in [-0.4, -0.2) is 23.7 Å². The normalized spacial score (nSPS) is 14.2. The summed E-state index contributed by atoms with van der Waals surface area (Å²) >= 11 is 6.20. The lowest BCUT2D eigenvalue weighted by molar-refractivity contribution is -0.384. The van der Waals surface area contributed by atoms with E-state index in [0.717, 1.165) is 29.5 Å². The Bertz CT molecular complexity index is 1250. The Kier molecular flexibility index (Phi) is 7.82. The average Bonchev–Trinajstić information content (AvgIpc) is 3.32. The number of nitrogens with zero attached hydrogens (tertiary/aromatic N) is 2. The summed E-state index contributed by atoms with van der Waals surface area (Å²) in [6.07, 6.45) is 7.19. The first kappa shape index (κ1) is 24.5. The number of nitro benzene ring substituents is 1. The van der Waals surface area contributed by atoms with E-state index in [9.17, 15) is 14.9 Å². The molecule has 3 aromatic rings. The van der Waals surface area contributed by atoms with Gasteiger partial charge in [0.2, 0.25) is 0 Å². The molecule has 2 aromatic carbocycles. The molecule has 1 saturated carbocycles. The molecule has 182 valence electrons. The number of hydrogen-bond acceptors (Lipinski definition) is 6. The fraction of sp³-hybridized carbons (Fsp3) is 0.308. The molecule has 0 radical (unpaired) electrons. The van der Waals surface area contributed by atoms with Crippen molar-refractivity contribution in [3.05, 3.63) is 80.6 Å². The third-order valence-electron chi connectivity index (χ3n) is 6.07. The van der Waals surface area contributed by atoms with Crippen LogP contribution in [0.15, 0.2) is 58.0 Å². The van der Waals surface area contributed by atoms with Crippen molar-refractivity contribution in [1.29, 1.82) is 0 Å². The summed E-state index contributed by atoms with van der Waals surface area (Å²) in [4.78, 5) is 22.7. The number of nitro groups is 1. The highest BCUT2D eigenvalue weighted by molar-refractivity contribution is 6.30. The molecular formula is C26H26ClN3O5. The highest BCUT2D eigenvalue weighted by atomic mass is 35.5. The van der Waals surface area contributed by atoms with E-state index in [-0.39, 0.29) is 12.3 Å². The van der Waals surface area contributed by atoms with Gasteiger partial charge in [-0.05, 0) is 73.2 Å². The maximum Gasteiger partial charge on any atom is 0.277 e. The molecule has 0 aliphatic heterocycles. The van der Waals surface area contributed by atoms with Crippen molar-refractivity contribution >= 4 is 29.4 Å². The van der Waals surface area contributed by atoms with Crippen LogP contribution >= 0.6 is 11.6 Å². The van der Waals surface area contributed by atoms with Gasteiger partial charge in [-0.25, -0.2) is 5.43 Å². The monoisotopic (exact) mass is 495 g/mol. The highest BCUT2D eigenvalue weighted by Crippen LogP contribution is 2.38. The van der Waals surface area contributed by atoms with Crippen LogP contribution in [0.25, 0.3) is 11.3 Å². The molecule has 0 unspecified atom stereocenters. The molecule has 8 nitrogen and oxygen atoms in total. The maximum atomic E-state index is 12.3. The Morgan fingerprint density at radius 3 is 2.74 bits per heavy atom. The summed E-state index contributed by atoms with van der Waals surface area (Å²) in [7, 11) is 0. The number of halogens is 1. The molecule has 1 amide bonds. The Hall–Kier alpha value is -3.65. The number of non-ortho nitro benzene ring substituents is 1. The molecule has 9 heteroatoms. The summed E-state index contributed by atoms with van der Waals surface area (Å²) in [5, 5.41) is 15.5. The van der Waals surface area contributed by atoms with Gasteiger partial charge in [0.15, 0.2) is 6.61 Å². The van der Waals surface area contributed by atoms with Gasteiger partial charge in [0.25, 0.3) is 11.6 Å². The number of amides is 1. The molecule has 1 fully saturated rings. The van der Waals surface area contributed by atoms with Crippen LogP contribution in [0.1, 0.15) is 54.9 Å². The van der Waals surface area contributed by atoms with Gasteiger partial charge in [0, 0.05) is 22.7 Å². The van der Waals surface area contributed by atoms with Crippen LogP contribution in [0.2, 0.25) is 5.02 Å². The zero-order chi connectivity index (χ0) is 24.8. The van der Waals surface area contributed by atoms with Crippen molar-refractivity contribution in [1.82, 2.24) is 5.43 Å². The van der Waals surface area contributed by atoms with Crippen molar-refractivity contribution in [3.8, 4) is 17.1 Å². The van der Waals surface area contributed by atoms with E-state index in [0.29, 0.717) is 28.2 Å². The summed E-state index contributed by atoms with van der Waals surface area (Å²) in [5.41, 5.74) is 4.97. The lowest BCUT2D eigenvalue weighted by Gasteiger charge is -2.24. The van der Waals surface area contributed by atoms with E-state index < -0.39 is 10.8 Å². The molecule has 4 rings (SSSR count). The van der Waals surface area contributed by atoms with Crippen LogP contribution in [-0.2, 0) is 4.79 Å². The maximum absolute atomic E-state index is 12.3. The second-order valence-corrected chi connectivity index (χ2v) is 8.99. The molecule has 1 aliphatic rings. The Morgan fingerprint density at radius 1 is 1.20 bits per heavy atom. The predicted octanol–water partition coefficient (Wildman–Crippen LogP) is 6.39. The van der Waals surface area contributed by atoms with E-state index in [2.05, 4.69) is 10.5 Å². The minimum Gasteiger partial charge on any atom is -0.483 e. The number of ether oxygens (including phenoxy) is 1. The lowest BCUT2D eigenvalue weighted by atomic mass is 9.84. The number of hydrazone groups is 1. The van der Waals surface area contributed by atoms with E-state index in [4.69, 9.17) is 20.8 Å². The molecule has 0 saturated heterocycles. The standard InChI is InChI=1S/C26H26ClN3O5/c1-17-13-20(30(32)33)8-10-22(17)25-12-9-21(35-25)15-28-29-26(31)16-34-24-11-7-19(27)14-23(24)18-5-3-2-4-6-18/h7-15,18H,2-6,16H2,1H3,(H,29,31)/b28-15+. The first-order valence-corrected chi connectivity index (χ1v) is 11.9. The molecule has 1 aromatic heterocycles. The first-order chi connectivity index (χ1) is 16.9. The molecule has 1 heterocycles. The van der Waals surface area contributed by atoms with E-state index in [1.165, 1.54) is 37.6 Å². The Balaban J connectivity index is 1.33. The summed E-state index contributed by atoms with van der Waals surface area (Å²) < 4.78 is 11.5. The topological polar surface area (TPSA) is 107 Å². The quantitative estimate of drug-likeness (QED) is 0.221. The number of hydrogen-bond donors (Lipinski definition) is 1. The molecular weight excluding hydrogens is 470 g/mol. The lowest BCUT2D eigenvalue weighted by Crippen LogP contribution is -2.25. The van der Waals surface area contributed by atoms with E-state index in [1.54, 1.807) is 31.2 Å². The summed E-state index contributed by atoms with van der Waals surface area (Å²) in [5.74, 6) is 1.65. The van der Waals surface area contributed by atoms with Gasteiger partial charge in [-0.1, -0.05) is 30.9 Å². The third-order valence-corrected chi connectivity index (χ3v) is 6.30.